The van der Waals surface area contributed by atoms with E-state index in [0.717, 1.165) is 18.4 Å². The van der Waals surface area contributed by atoms with Gasteiger partial charge in [0.2, 0.25) is 0 Å². The summed E-state index contributed by atoms with van der Waals surface area (Å²) >= 11 is 1.63. The molecule has 1 unspecified atom stereocenters. The Bertz CT molecular complexity index is 304. The van der Waals surface area contributed by atoms with E-state index in [1.807, 2.05) is 25.3 Å². The monoisotopic (exact) mass is 211 g/mol. The van der Waals surface area contributed by atoms with Crippen molar-refractivity contribution in [2.75, 3.05) is 0 Å². The summed E-state index contributed by atoms with van der Waals surface area (Å²) in [6, 6.07) is 2.16. The standard InChI is InChI=1S/C11H17NOS/c1-8(12)4-3-5-11(13)10-6-9(2)14-7-10/h6-8H,3-5,12H2,1-2H3. The van der Waals surface area contributed by atoms with Crippen LogP contribution in [-0.2, 0) is 0 Å². The van der Waals surface area contributed by atoms with Crippen LogP contribution in [0.3, 0.4) is 0 Å². The molecule has 1 heterocycles. The molecule has 0 bridgehead atoms. The average molecular weight is 211 g/mol. The second kappa shape index (κ2) is 5.27. The lowest BCUT2D eigenvalue weighted by atomic mass is 10.1. The molecule has 0 amide bonds. The van der Waals surface area contributed by atoms with Crippen LogP contribution >= 0.6 is 11.3 Å². The lowest BCUT2D eigenvalue weighted by molar-refractivity contribution is 0.0979. The molecule has 1 aromatic rings. The van der Waals surface area contributed by atoms with E-state index in [0.29, 0.717) is 6.42 Å². The molecule has 0 aromatic carbocycles. The molecule has 2 nitrogen and oxygen atoms in total. The van der Waals surface area contributed by atoms with Gasteiger partial charge in [-0.3, -0.25) is 4.79 Å². The molecule has 3 heteroatoms. The van der Waals surface area contributed by atoms with Crippen molar-refractivity contribution < 1.29 is 4.79 Å². The van der Waals surface area contributed by atoms with Crippen molar-refractivity contribution in [3.05, 3.63) is 21.9 Å². The molecule has 2 N–H and O–H groups in total. The van der Waals surface area contributed by atoms with E-state index in [4.69, 9.17) is 5.73 Å². The highest BCUT2D eigenvalue weighted by molar-refractivity contribution is 7.10. The van der Waals surface area contributed by atoms with Gasteiger partial charge >= 0.3 is 0 Å². The van der Waals surface area contributed by atoms with Crippen molar-refractivity contribution in [2.45, 2.75) is 39.2 Å². The first-order valence-corrected chi connectivity index (χ1v) is 5.81. The van der Waals surface area contributed by atoms with Gasteiger partial charge in [-0.1, -0.05) is 0 Å². The number of carbonyl (C=O) groups excluding carboxylic acids is 1. The maximum absolute atomic E-state index is 11.6. The molecule has 0 saturated heterocycles. The summed E-state index contributed by atoms with van der Waals surface area (Å²) in [5, 5.41) is 1.93. The summed E-state index contributed by atoms with van der Waals surface area (Å²) < 4.78 is 0. The summed E-state index contributed by atoms with van der Waals surface area (Å²) in [6.07, 6.45) is 2.44. The van der Waals surface area contributed by atoms with Gasteiger partial charge in [-0.05, 0) is 32.8 Å². The molecule has 0 saturated carbocycles. The number of ketones is 1. The molecule has 0 fully saturated rings. The van der Waals surface area contributed by atoms with Crippen molar-refractivity contribution in [1.29, 1.82) is 0 Å². The molecule has 0 radical (unpaired) electrons. The predicted molar refractivity (Wildman–Crippen MR) is 60.9 cm³/mol. The van der Waals surface area contributed by atoms with Crippen LogP contribution in [0.25, 0.3) is 0 Å². The topological polar surface area (TPSA) is 43.1 Å². The number of rotatable bonds is 5. The van der Waals surface area contributed by atoms with E-state index in [1.165, 1.54) is 4.88 Å². The number of aryl methyl sites for hydroxylation is 1. The summed E-state index contributed by atoms with van der Waals surface area (Å²) in [4.78, 5) is 12.8. The maximum atomic E-state index is 11.6. The van der Waals surface area contributed by atoms with Gasteiger partial charge in [0.05, 0.1) is 0 Å². The van der Waals surface area contributed by atoms with Crippen LogP contribution in [0, 0.1) is 6.92 Å². The molecule has 14 heavy (non-hydrogen) atoms. The van der Waals surface area contributed by atoms with Gasteiger partial charge in [-0.25, -0.2) is 0 Å². The van der Waals surface area contributed by atoms with E-state index in [1.54, 1.807) is 11.3 Å². The number of hydrogen-bond donors (Lipinski definition) is 1. The number of Topliss-reactive ketones (excluding diaryl/α,β-unsaturated/α-hetero) is 1. The fourth-order valence-corrected chi connectivity index (χ4v) is 2.03. The van der Waals surface area contributed by atoms with Crippen LogP contribution in [0.15, 0.2) is 11.4 Å². The highest BCUT2D eigenvalue weighted by Crippen LogP contribution is 2.15. The molecule has 0 aliphatic heterocycles. The van der Waals surface area contributed by atoms with Crippen LogP contribution in [0.2, 0.25) is 0 Å². The number of thiophene rings is 1. The Balaban J connectivity index is 2.36. The first kappa shape index (κ1) is 11.4. The first-order chi connectivity index (χ1) is 6.59. The Hall–Kier alpha value is -0.670. The summed E-state index contributed by atoms with van der Waals surface area (Å²) in [6.45, 7) is 3.99. The Labute approximate surface area is 89.1 Å². The number of nitrogens with two attached hydrogens (primary N) is 1. The smallest absolute Gasteiger partial charge is 0.163 e. The van der Waals surface area contributed by atoms with Crippen LogP contribution in [0.1, 0.15) is 41.4 Å². The lowest BCUT2D eigenvalue weighted by Crippen LogP contribution is -2.14. The molecule has 1 rings (SSSR count). The van der Waals surface area contributed by atoms with Crippen LogP contribution in [0.4, 0.5) is 0 Å². The zero-order chi connectivity index (χ0) is 10.6. The van der Waals surface area contributed by atoms with Crippen LogP contribution < -0.4 is 5.73 Å². The van der Waals surface area contributed by atoms with Gasteiger partial charge in [0.15, 0.2) is 5.78 Å². The van der Waals surface area contributed by atoms with Crippen molar-refractivity contribution in [1.82, 2.24) is 0 Å². The lowest BCUT2D eigenvalue weighted by Gasteiger charge is -2.02. The second-order valence-electron chi connectivity index (χ2n) is 3.74. The quantitative estimate of drug-likeness (QED) is 0.761. The third-order valence-electron chi connectivity index (χ3n) is 2.12. The van der Waals surface area contributed by atoms with Gasteiger partial charge in [0.25, 0.3) is 0 Å². The van der Waals surface area contributed by atoms with Crippen molar-refractivity contribution in [3.8, 4) is 0 Å². The minimum absolute atomic E-state index is 0.201. The minimum Gasteiger partial charge on any atom is -0.328 e. The molecule has 0 spiro atoms. The summed E-state index contributed by atoms with van der Waals surface area (Å²) in [7, 11) is 0. The Morgan fingerprint density at radius 2 is 2.36 bits per heavy atom. The van der Waals surface area contributed by atoms with Crippen LogP contribution in [-0.4, -0.2) is 11.8 Å². The molecular formula is C11H17NOS. The van der Waals surface area contributed by atoms with Gasteiger partial charge in [-0.2, -0.15) is 0 Å². The highest BCUT2D eigenvalue weighted by atomic mass is 32.1. The molecule has 1 aromatic heterocycles. The van der Waals surface area contributed by atoms with Crippen molar-refractivity contribution in [2.24, 2.45) is 5.73 Å². The van der Waals surface area contributed by atoms with E-state index < -0.39 is 0 Å². The summed E-state index contributed by atoms with van der Waals surface area (Å²) in [5.41, 5.74) is 6.47. The Kier molecular flexibility index (Phi) is 4.29. The Morgan fingerprint density at radius 1 is 1.64 bits per heavy atom. The van der Waals surface area contributed by atoms with E-state index >= 15 is 0 Å². The first-order valence-electron chi connectivity index (χ1n) is 4.93. The summed E-state index contributed by atoms with van der Waals surface area (Å²) in [5.74, 6) is 0.245. The van der Waals surface area contributed by atoms with Gasteiger partial charge in [0.1, 0.15) is 0 Å². The fraction of sp³-hybridized carbons (Fsp3) is 0.545. The zero-order valence-corrected chi connectivity index (χ0v) is 9.56. The van der Waals surface area contributed by atoms with Gasteiger partial charge in [0, 0.05) is 28.3 Å². The molecule has 78 valence electrons. The zero-order valence-electron chi connectivity index (χ0n) is 8.75. The molecule has 0 aliphatic rings. The van der Waals surface area contributed by atoms with E-state index in [-0.39, 0.29) is 11.8 Å². The fourth-order valence-electron chi connectivity index (χ4n) is 1.32. The van der Waals surface area contributed by atoms with Crippen molar-refractivity contribution >= 4 is 17.1 Å². The third-order valence-corrected chi connectivity index (χ3v) is 2.98. The van der Waals surface area contributed by atoms with Gasteiger partial charge in [-0.15, -0.1) is 11.3 Å². The molecule has 1 atom stereocenters. The average Bonchev–Trinajstić information content (AvgIpc) is 2.51. The van der Waals surface area contributed by atoms with Crippen LogP contribution in [0.5, 0.6) is 0 Å². The number of carbonyl (C=O) groups is 1. The maximum Gasteiger partial charge on any atom is 0.163 e. The molecule has 0 aliphatic carbocycles. The Morgan fingerprint density at radius 3 is 2.86 bits per heavy atom. The molecular weight excluding hydrogens is 194 g/mol. The van der Waals surface area contributed by atoms with E-state index in [2.05, 4.69) is 0 Å². The normalized spacial score (nSPS) is 12.8. The van der Waals surface area contributed by atoms with E-state index in [9.17, 15) is 4.79 Å². The predicted octanol–water partition coefficient (Wildman–Crippen LogP) is 2.76. The largest absolute Gasteiger partial charge is 0.328 e. The minimum atomic E-state index is 0.201. The SMILES string of the molecule is Cc1cc(C(=O)CCCC(C)N)cs1. The highest BCUT2D eigenvalue weighted by Gasteiger charge is 2.07. The third kappa shape index (κ3) is 3.60. The number of hydrogen-bond acceptors (Lipinski definition) is 3. The second-order valence-corrected chi connectivity index (χ2v) is 4.85. The van der Waals surface area contributed by atoms with Crippen molar-refractivity contribution in [3.63, 3.8) is 0 Å². The van der Waals surface area contributed by atoms with Gasteiger partial charge < -0.3 is 5.73 Å².